The van der Waals surface area contributed by atoms with E-state index in [9.17, 15) is 0 Å². The van der Waals surface area contributed by atoms with Gasteiger partial charge in [0.2, 0.25) is 0 Å². The Morgan fingerprint density at radius 1 is 1.39 bits per heavy atom. The van der Waals surface area contributed by atoms with Crippen molar-refractivity contribution in [3.8, 4) is 5.69 Å². The van der Waals surface area contributed by atoms with Crippen LogP contribution in [0, 0.1) is 6.92 Å². The zero-order valence-corrected chi connectivity index (χ0v) is 12.5. The summed E-state index contributed by atoms with van der Waals surface area (Å²) in [6.07, 6.45) is 3.88. The van der Waals surface area contributed by atoms with Crippen LogP contribution in [-0.4, -0.2) is 15.8 Å². The highest BCUT2D eigenvalue weighted by Gasteiger charge is 2.05. The third kappa shape index (κ3) is 3.21. The SMILES string of the molecule is Cc1cnn(-c2ccc(CNC(C)C)cc2Br)c1. The highest BCUT2D eigenvalue weighted by Crippen LogP contribution is 2.22. The maximum absolute atomic E-state index is 4.32. The highest BCUT2D eigenvalue weighted by atomic mass is 79.9. The smallest absolute Gasteiger partial charge is 0.0787 e. The molecule has 2 rings (SSSR count). The molecule has 1 aromatic heterocycles. The molecule has 1 heterocycles. The predicted molar refractivity (Wildman–Crippen MR) is 78.0 cm³/mol. The largest absolute Gasteiger partial charge is 0.310 e. The van der Waals surface area contributed by atoms with Crippen molar-refractivity contribution in [3.63, 3.8) is 0 Å². The molecule has 0 radical (unpaired) electrons. The predicted octanol–water partition coefficient (Wildman–Crippen LogP) is 3.44. The van der Waals surface area contributed by atoms with Crippen molar-refractivity contribution < 1.29 is 0 Å². The minimum atomic E-state index is 0.497. The number of aryl methyl sites for hydroxylation is 1. The minimum Gasteiger partial charge on any atom is -0.310 e. The second-order valence-electron chi connectivity index (χ2n) is 4.78. The molecule has 2 aromatic rings. The van der Waals surface area contributed by atoms with Gasteiger partial charge >= 0.3 is 0 Å². The van der Waals surface area contributed by atoms with Crippen molar-refractivity contribution in [1.82, 2.24) is 15.1 Å². The average molecular weight is 308 g/mol. The van der Waals surface area contributed by atoms with Crippen LogP contribution in [-0.2, 0) is 6.54 Å². The molecule has 0 saturated heterocycles. The van der Waals surface area contributed by atoms with Crippen molar-refractivity contribution in [2.24, 2.45) is 0 Å². The van der Waals surface area contributed by atoms with E-state index in [0.29, 0.717) is 6.04 Å². The third-order valence-electron chi connectivity index (χ3n) is 2.69. The Morgan fingerprint density at radius 3 is 2.72 bits per heavy atom. The lowest BCUT2D eigenvalue weighted by molar-refractivity contribution is 0.588. The standard InChI is InChI=1S/C14H18BrN3/c1-10(2)16-8-12-4-5-14(13(15)6-12)18-9-11(3)7-17-18/h4-7,9-10,16H,8H2,1-3H3. The lowest BCUT2D eigenvalue weighted by Gasteiger charge is -2.10. The first-order valence-corrected chi connectivity index (χ1v) is 6.89. The van der Waals surface area contributed by atoms with Gasteiger partial charge in [-0.1, -0.05) is 19.9 Å². The van der Waals surface area contributed by atoms with E-state index in [0.717, 1.165) is 22.3 Å². The summed E-state index contributed by atoms with van der Waals surface area (Å²) in [5.41, 5.74) is 3.49. The Balaban J connectivity index is 2.20. The summed E-state index contributed by atoms with van der Waals surface area (Å²) in [7, 11) is 0. The number of nitrogens with one attached hydrogen (secondary N) is 1. The zero-order valence-electron chi connectivity index (χ0n) is 10.9. The van der Waals surface area contributed by atoms with Crippen LogP contribution >= 0.6 is 15.9 Å². The molecular formula is C14H18BrN3. The van der Waals surface area contributed by atoms with Gasteiger partial charge in [-0.3, -0.25) is 0 Å². The molecule has 0 amide bonds. The number of nitrogens with zero attached hydrogens (tertiary/aromatic N) is 2. The summed E-state index contributed by atoms with van der Waals surface area (Å²) in [5.74, 6) is 0. The minimum absolute atomic E-state index is 0.497. The third-order valence-corrected chi connectivity index (χ3v) is 3.32. The number of hydrogen-bond acceptors (Lipinski definition) is 2. The number of hydrogen-bond donors (Lipinski definition) is 1. The van der Waals surface area contributed by atoms with Gasteiger partial charge in [0, 0.05) is 23.3 Å². The first kappa shape index (κ1) is 13.3. The van der Waals surface area contributed by atoms with Crippen LogP contribution in [0.2, 0.25) is 0 Å². The fourth-order valence-electron chi connectivity index (χ4n) is 1.71. The van der Waals surface area contributed by atoms with Gasteiger partial charge in [0.05, 0.1) is 11.9 Å². The lowest BCUT2D eigenvalue weighted by Crippen LogP contribution is -2.21. The second kappa shape index (κ2) is 5.67. The Morgan fingerprint density at radius 2 is 2.17 bits per heavy atom. The van der Waals surface area contributed by atoms with Crippen LogP contribution < -0.4 is 5.32 Å². The first-order valence-electron chi connectivity index (χ1n) is 6.09. The number of halogens is 1. The number of benzene rings is 1. The monoisotopic (exact) mass is 307 g/mol. The molecule has 0 fully saturated rings. The van der Waals surface area contributed by atoms with E-state index in [4.69, 9.17) is 0 Å². The summed E-state index contributed by atoms with van der Waals surface area (Å²) in [5, 5.41) is 7.73. The highest BCUT2D eigenvalue weighted by molar-refractivity contribution is 9.10. The normalized spacial score (nSPS) is 11.2. The second-order valence-corrected chi connectivity index (χ2v) is 5.64. The quantitative estimate of drug-likeness (QED) is 0.937. The van der Waals surface area contributed by atoms with Gasteiger partial charge in [-0.15, -0.1) is 0 Å². The van der Waals surface area contributed by atoms with Gasteiger partial charge < -0.3 is 5.32 Å². The molecule has 0 spiro atoms. The van der Waals surface area contributed by atoms with E-state index in [1.807, 2.05) is 24.0 Å². The van der Waals surface area contributed by atoms with Crippen molar-refractivity contribution in [2.45, 2.75) is 33.4 Å². The van der Waals surface area contributed by atoms with Crippen molar-refractivity contribution in [1.29, 1.82) is 0 Å². The molecule has 1 N–H and O–H groups in total. The number of rotatable bonds is 4. The molecule has 0 unspecified atom stereocenters. The van der Waals surface area contributed by atoms with Gasteiger partial charge in [-0.2, -0.15) is 5.10 Å². The summed E-state index contributed by atoms with van der Waals surface area (Å²) in [6.45, 7) is 7.22. The molecule has 0 bridgehead atoms. The summed E-state index contributed by atoms with van der Waals surface area (Å²) in [6, 6.07) is 6.86. The average Bonchev–Trinajstić information content (AvgIpc) is 2.73. The molecule has 0 aliphatic carbocycles. The topological polar surface area (TPSA) is 29.9 Å². The maximum Gasteiger partial charge on any atom is 0.0787 e. The molecule has 96 valence electrons. The van der Waals surface area contributed by atoms with Crippen LogP contribution in [0.15, 0.2) is 35.1 Å². The lowest BCUT2D eigenvalue weighted by atomic mass is 10.2. The van der Waals surface area contributed by atoms with Gasteiger partial charge in [0.1, 0.15) is 0 Å². The molecule has 0 aliphatic rings. The Bertz CT molecular complexity index is 532. The molecule has 1 aromatic carbocycles. The van der Waals surface area contributed by atoms with E-state index < -0.39 is 0 Å². The Labute approximate surface area is 116 Å². The molecular weight excluding hydrogens is 290 g/mol. The van der Waals surface area contributed by atoms with E-state index in [1.165, 1.54) is 5.56 Å². The van der Waals surface area contributed by atoms with Gasteiger partial charge in [-0.05, 0) is 46.1 Å². The van der Waals surface area contributed by atoms with Crippen LogP contribution in [0.25, 0.3) is 5.69 Å². The van der Waals surface area contributed by atoms with Crippen LogP contribution in [0.1, 0.15) is 25.0 Å². The fraction of sp³-hybridized carbons (Fsp3) is 0.357. The number of aromatic nitrogens is 2. The molecule has 0 saturated carbocycles. The molecule has 0 atom stereocenters. The zero-order chi connectivity index (χ0) is 13.1. The summed E-state index contributed by atoms with van der Waals surface area (Å²) >= 11 is 3.61. The van der Waals surface area contributed by atoms with Gasteiger partial charge in [-0.25, -0.2) is 4.68 Å². The molecule has 0 aliphatic heterocycles. The van der Waals surface area contributed by atoms with Gasteiger partial charge in [0.25, 0.3) is 0 Å². The van der Waals surface area contributed by atoms with Crippen molar-refractivity contribution >= 4 is 15.9 Å². The molecule has 18 heavy (non-hydrogen) atoms. The van der Waals surface area contributed by atoms with E-state index in [1.54, 1.807) is 0 Å². The van der Waals surface area contributed by atoms with Crippen molar-refractivity contribution in [3.05, 3.63) is 46.2 Å². The van der Waals surface area contributed by atoms with Crippen LogP contribution in [0.5, 0.6) is 0 Å². The van der Waals surface area contributed by atoms with Crippen LogP contribution in [0.3, 0.4) is 0 Å². The molecule has 4 heteroatoms. The van der Waals surface area contributed by atoms with Gasteiger partial charge in [0.15, 0.2) is 0 Å². The molecule has 3 nitrogen and oxygen atoms in total. The summed E-state index contributed by atoms with van der Waals surface area (Å²) < 4.78 is 2.95. The maximum atomic E-state index is 4.32. The van der Waals surface area contributed by atoms with Crippen LogP contribution in [0.4, 0.5) is 0 Å². The van der Waals surface area contributed by atoms with E-state index >= 15 is 0 Å². The van der Waals surface area contributed by atoms with E-state index in [-0.39, 0.29) is 0 Å². The Hall–Kier alpha value is -1.13. The van der Waals surface area contributed by atoms with Crippen molar-refractivity contribution in [2.75, 3.05) is 0 Å². The Kier molecular flexibility index (Phi) is 4.19. The fourth-order valence-corrected chi connectivity index (χ4v) is 2.32. The van der Waals surface area contributed by atoms with E-state index in [2.05, 4.69) is 58.4 Å². The summed E-state index contributed by atoms with van der Waals surface area (Å²) in [4.78, 5) is 0. The first-order chi connectivity index (χ1) is 8.56.